The van der Waals surface area contributed by atoms with Crippen LogP contribution < -0.4 is 0 Å². The van der Waals surface area contributed by atoms with Gasteiger partial charge in [0, 0.05) is 26.6 Å². The molecular formula is C27H58N2O5. The van der Waals surface area contributed by atoms with Gasteiger partial charge < -0.3 is 25.3 Å². The number of aliphatic hydroxyl groups is 3. The van der Waals surface area contributed by atoms with Gasteiger partial charge in [0.2, 0.25) is 0 Å². The third kappa shape index (κ3) is 31.3. The standard InChI is InChI=1S/C25H54N2O3.C2H4O2/c1-2-3-4-5-6-7-8-9-10-11-12-13-14-15-17-26(20-23-28)18-16-19-27(21-24-29)22-25-30;1-2(3)4/h28-30H,2-25H2,1H3;1H3,(H,3,4). The number of unbranched alkanes of at least 4 members (excludes halogenated alkanes) is 13. The molecule has 0 bridgehead atoms. The zero-order valence-electron chi connectivity index (χ0n) is 22.6. The Morgan fingerprint density at radius 1 is 0.500 bits per heavy atom. The number of carboxylic acid groups (broad SMARTS) is 1. The fraction of sp³-hybridized carbons (Fsp3) is 0.963. The fourth-order valence-electron chi connectivity index (χ4n) is 4.14. The number of hydrogen-bond acceptors (Lipinski definition) is 6. The second-order valence-corrected chi connectivity index (χ2v) is 9.32. The molecule has 0 aromatic rings. The predicted octanol–water partition coefficient (Wildman–Crippen LogP) is 4.53. The highest BCUT2D eigenvalue weighted by atomic mass is 16.4. The molecule has 0 spiro atoms. The maximum absolute atomic E-state index is 9.31. The van der Waals surface area contributed by atoms with Crippen molar-refractivity contribution in [2.75, 3.05) is 59.1 Å². The van der Waals surface area contributed by atoms with Crippen LogP contribution in [0.4, 0.5) is 0 Å². The summed E-state index contributed by atoms with van der Waals surface area (Å²) in [5.74, 6) is -0.833. The molecular weight excluding hydrogens is 432 g/mol. The second kappa shape index (κ2) is 30.3. The van der Waals surface area contributed by atoms with Gasteiger partial charge in [0.05, 0.1) is 19.8 Å². The lowest BCUT2D eigenvalue weighted by atomic mass is 10.0. The average Bonchev–Trinajstić information content (AvgIpc) is 2.79. The lowest BCUT2D eigenvalue weighted by Gasteiger charge is -2.24. The first-order valence-corrected chi connectivity index (χ1v) is 14.0. The number of aliphatic hydroxyl groups excluding tert-OH is 3. The van der Waals surface area contributed by atoms with E-state index in [1.165, 1.54) is 89.9 Å². The predicted molar refractivity (Wildman–Crippen MR) is 142 cm³/mol. The minimum Gasteiger partial charge on any atom is -0.481 e. The van der Waals surface area contributed by atoms with Crippen molar-refractivity contribution in [3.63, 3.8) is 0 Å². The van der Waals surface area contributed by atoms with E-state index in [1.54, 1.807) is 0 Å². The van der Waals surface area contributed by atoms with Gasteiger partial charge in [-0.05, 0) is 32.5 Å². The largest absolute Gasteiger partial charge is 0.481 e. The van der Waals surface area contributed by atoms with Gasteiger partial charge in [-0.15, -0.1) is 0 Å². The average molecular weight is 491 g/mol. The van der Waals surface area contributed by atoms with Crippen LogP contribution in [0.2, 0.25) is 0 Å². The van der Waals surface area contributed by atoms with Gasteiger partial charge in [0.1, 0.15) is 0 Å². The lowest BCUT2D eigenvalue weighted by Crippen LogP contribution is -2.35. The van der Waals surface area contributed by atoms with E-state index in [0.717, 1.165) is 39.5 Å². The molecule has 4 N–H and O–H groups in total. The zero-order chi connectivity index (χ0) is 25.7. The summed E-state index contributed by atoms with van der Waals surface area (Å²) in [5.41, 5.74) is 0. The Balaban J connectivity index is 0. The Bertz CT molecular complexity index is 389. The highest BCUT2D eigenvalue weighted by Gasteiger charge is 2.07. The number of nitrogens with zero attached hydrogens (tertiary/aromatic N) is 2. The monoisotopic (exact) mass is 490 g/mol. The number of aliphatic carboxylic acids is 1. The number of hydrogen-bond donors (Lipinski definition) is 4. The van der Waals surface area contributed by atoms with E-state index in [2.05, 4.69) is 16.7 Å². The molecule has 0 unspecified atom stereocenters. The van der Waals surface area contributed by atoms with E-state index in [9.17, 15) is 5.11 Å². The molecule has 34 heavy (non-hydrogen) atoms. The van der Waals surface area contributed by atoms with Crippen molar-refractivity contribution in [1.29, 1.82) is 0 Å². The van der Waals surface area contributed by atoms with E-state index in [-0.39, 0.29) is 19.8 Å². The number of carbonyl (C=O) groups is 1. The van der Waals surface area contributed by atoms with E-state index < -0.39 is 5.97 Å². The second-order valence-electron chi connectivity index (χ2n) is 9.32. The molecule has 0 radical (unpaired) electrons. The Morgan fingerprint density at radius 2 is 0.765 bits per heavy atom. The third-order valence-corrected chi connectivity index (χ3v) is 6.03. The van der Waals surface area contributed by atoms with Crippen LogP contribution in [0.25, 0.3) is 0 Å². The first kappa shape index (κ1) is 35.4. The van der Waals surface area contributed by atoms with E-state index in [4.69, 9.17) is 20.1 Å². The smallest absolute Gasteiger partial charge is 0.300 e. The quantitative estimate of drug-likeness (QED) is 0.139. The van der Waals surface area contributed by atoms with Crippen LogP contribution in [0, 0.1) is 0 Å². The molecule has 0 amide bonds. The highest BCUT2D eigenvalue weighted by molar-refractivity contribution is 5.62. The molecule has 0 rings (SSSR count). The maximum atomic E-state index is 9.31. The molecule has 0 aromatic carbocycles. The van der Waals surface area contributed by atoms with Gasteiger partial charge in [-0.25, -0.2) is 0 Å². The van der Waals surface area contributed by atoms with Crippen LogP contribution in [0.5, 0.6) is 0 Å². The summed E-state index contributed by atoms with van der Waals surface area (Å²) in [4.78, 5) is 13.5. The molecule has 0 aromatic heterocycles. The molecule has 7 nitrogen and oxygen atoms in total. The molecule has 0 saturated carbocycles. The summed E-state index contributed by atoms with van der Waals surface area (Å²) in [7, 11) is 0. The van der Waals surface area contributed by atoms with E-state index in [1.807, 2.05) is 0 Å². The van der Waals surface area contributed by atoms with Gasteiger partial charge in [-0.2, -0.15) is 0 Å². The normalized spacial score (nSPS) is 11.1. The first-order valence-electron chi connectivity index (χ1n) is 14.0. The van der Waals surface area contributed by atoms with Crippen LogP contribution in [0.1, 0.15) is 110 Å². The van der Waals surface area contributed by atoms with Crippen molar-refractivity contribution < 1.29 is 25.2 Å². The minimum absolute atomic E-state index is 0.138. The van der Waals surface area contributed by atoms with Gasteiger partial charge >= 0.3 is 0 Å². The summed E-state index contributed by atoms with van der Waals surface area (Å²) < 4.78 is 0. The molecule has 7 heteroatoms. The molecule has 0 aliphatic carbocycles. The van der Waals surface area contributed by atoms with Crippen molar-refractivity contribution in [1.82, 2.24) is 9.80 Å². The Hall–Kier alpha value is -0.730. The number of rotatable bonds is 25. The molecule has 206 valence electrons. The first-order chi connectivity index (χ1) is 16.5. The van der Waals surface area contributed by atoms with Crippen LogP contribution in [0.15, 0.2) is 0 Å². The lowest BCUT2D eigenvalue weighted by molar-refractivity contribution is -0.134. The third-order valence-electron chi connectivity index (χ3n) is 6.03. The molecule has 0 atom stereocenters. The number of carboxylic acids is 1. The molecule has 0 heterocycles. The van der Waals surface area contributed by atoms with Crippen molar-refractivity contribution in [3.05, 3.63) is 0 Å². The molecule has 0 aliphatic rings. The van der Waals surface area contributed by atoms with Gasteiger partial charge in [0.15, 0.2) is 0 Å². The molecule has 0 fully saturated rings. The summed E-state index contributed by atoms with van der Waals surface area (Å²) in [6.45, 7) is 8.79. The van der Waals surface area contributed by atoms with Crippen LogP contribution in [0.3, 0.4) is 0 Å². The van der Waals surface area contributed by atoms with E-state index in [0.29, 0.717) is 13.1 Å². The summed E-state index contributed by atoms with van der Waals surface area (Å²) in [6, 6.07) is 0. The Morgan fingerprint density at radius 3 is 1.09 bits per heavy atom. The van der Waals surface area contributed by atoms with Crippen molar-refractivity contribution in [2.45, 2.75) is 110 Å². The Kier molecular flexibility index (Phi) is 31.6. The minimum atomic E-state index is -0.833. The fourth-order valence-corrected chi connectivity index (χ4v) is 4.14. The van der Waals surface area contributed by atoms with Gasteiger partial charge in [-0.3, -0.25) is 9.69 Å². The summed E-state index contributed by atoms with van der Waals surface area (Å²) in [5, 5.41) is 34.9. The summed E-state index contributed by atoms with van der Waals surface area (Å²) >= 11 is 0. The summed E-state index contributed by atoms with van der Waals surface area (Å²) in [6.07, 6.45) is 20.4. The van der Waals surface area contributed by atoms with Gasteiger partial charge in [0.25, 0.3) is 5.97 Å². The van der Waals surface area contributed by atoms with Crippen molar-refractivity contribution >= 4 is 5.97 Å². The molecule has 0 saturated heterocycles. The van der Waals surface area contributed by atoms with E-state index >= 15 is 0 Å². The van der Waals surface area contributed by atoms with Crippen molar-refractivity contribution in [3.8, 4) is 0 Å². The maximum Gasteiger partial charge on any atom is 0.300 e. The SMILES string of the molecule is CC(=O)O.CCCCCCCCCCCCCCCCN(CCO)CCCN(CCO)CCO. The highest BCUT2D eigenvalue weighted by Crippen LogP contribution is 2.13. The van der Waals surface area contributed by atoms with Crippen molar-refractivity contribution in [2.24, 2.45) is 0 Å². The topological polar surface area (TPSA) is 104 Å². The van der Waals surface area contributed by atoms with Crippen LogP contribution >= 0.6 is 0 Å². The van der Waals surface area contributed by atoms with Gasteiger partial charge in [-0.1, -0.05) is 90.4 Å². The van der Waals surface area contributed by atoms with Crippen LogP contribution in [-0.4, -0.2) is 95.3 Å². The molecule has 0 aliphatic heterocycles. The zero-order valence-corrected chi connectivity index (χ0v) is 22.6. The van der Waals surface area contributed by atoms with Crippen LogP contribution in [-0.2, 0) is 4.79 Å². The Labute approximate surface area is 210 Å².